The van der Waals surface area contributed by atoms with Crippen LogP contribution in [0.1, 0.15) is 54.5 Å². The molecule has 6 N–H and O–H groups in total. The number of benzene rings is 2. The Morgan fingerprint density at radius 1 is 1.07 bits per heavy atom. The van der Waals surface area contributed by atoms with Gasteiger partial charge in [0.15, 0.2) is 0 Å². The van der Waals surface area contributed by atoms with Gasteiger partial charge in [0.1, 0.15) is 5.82 Å². The van der Waals surface area contributed by atoms with Crippen molar-refractivity contribution in [1.82, 2.24) is 5.32 Å². The van der Waals surface area contributed by atoms with Crippen LogP contribution in [0.4, 0.5) is 14.9 Å². The first kappa shape index (κ1) is 22.6. The maximum absolute atomic E-state index is 13.4. The largest absolute Gasteiger partial charge is 0.351 e. The van der Waals surface area contributed by atoms with Gasteiger partial charge in [0, 0.05) is 11.2 Å². The Morgan fingerprint density at radius 3 is 2.13 bits per heavy atom. The fourth-order valence-corrected chi connectivity index (χ4v) is 4.54. The van der Waals surface area contributed by atoms with Crippen molar-refractivity contribution in [3.05, 3.63) is 57.9 Å². The maximum Gasteiger partial charge on any atom is 0.316 e. The summed E-state index contributed by atoms with van der Waals surface area (Å²) in [7, 11) is 1.85. The van der Waals surface area contributed by atoms with Gasteiger partial charge in [0.2, 0.25) is 0 Å². The molecule has 0 saturated heterocycles. The molecule has 0 bridgehead atoms. The van der Waals surface area contributed by atoms with E-state index in [9.17, 15) is 9.18 Å². The standard InChI is InChI=1S/C13H16N2O.C10H15FN2S/c14-13(16)15-12-10-5-1-3-8(10)7-9-4-2-6-11(9)12;1-10(2,13-3)7-4-5-9(14-12)8(11)6-7/h7H,1-6H2,(H3,14,15,16);4-6,13H,12H2,1-3H3. The third kappa shape index (κ3) is 4.79. The minimum Gasteiger partial charge on any atom is -0.351 e. The molecular weight excluding hydrogens is 399 g/mol. The molecule has 2 aromatic carbocycles. The number of nitrogens with one attached hydrogen (secondary N) is 2. The zero-order chi connectivity index (χ0) is 21.9. The number of amides is 2. The third-order valence-electron chi connectivity index (χ3n) is 6.13. The summed E-state index contributed by atoms with van der Waals surface area (Å²) < 4.78 is 13.4. The second-order valence-electron chi connectivity index (χ2n) is 8.36. The highest BCUT2D eigenvalue weighted by Gasteiger charge is 2.24. The van der Waals surface area contributed by atoms with Crippen LogP contribution in [0.2, 0.25) is 0 Å². The van der Waals surface area contributed by atoms with Crippen molar-refractivity contribution in [1.29, 1.82) is 0 Å². The van der Waals surface area contributed by atoms with Gasteiger partial charge in [0.05, 0.1) is 4.90 Å². The Balaban J connectivity index is 0.000000173. The van der Waals surface area contributed by atoms with Crippen LogP contribution in [0.3, 0.4) is 0 Å². The Kier molecular flexibility index (Phi) is 7.06. The van der Waals surface area contributed by atoms with E-state index in [-0.39, 0.29) is 11.4 Å². The average Bonchev–Trinajstić information content (AvgIpc) is 3.37. The molecule has 2 aromatic rings. The smallest absolute Gasteiger partial charge is 0.316 e. The van der Waals surface area contributed by atoms with E-state index in [0.717, 1.165) is 48.9 Å². The van der Waals surface area contributed by atoms with Crippen molar-refractivity contribution in [2.75, 3.05) is 12.4 Å². The molecule has 162 valence electrons. The summed E-state index contributed by atoms with van der Waals surface area (Å²) in [6.45, 7) is 3.99. The van der Waals surface area contributed by atoms with Crippen molar-refractivity contribution < 1.29 is 9.18 Å². The van der Waals surface area contributed by atoms with Gasteiger partial charge in [-0.15, -0.1) is 0 Å². The van der Waals surface area contributed by atoms with E-state index in [0.29, 0.717) is 4.90 Å². The fraction of sp³-hybridized carbons (Fsp3) is 0.435. The van der Waals surface area contributed by atoms with E-state index in [4.69, 9.17) is 10.9 Å². The summed E-state index contributed by atoms with van der Waals surface area (Å²) in [5.74, 6) is -0.265. The van der Waals surface area contributed by atoms with E-state index < -0.39 is 6.03 Å². The number of rotatable bonds is 4. The van der Waals surface area contributed by atoms with Gasteiger partial charge in [-0.05, 0) is 111 Å². The summed E-state index contributed by atoms with van der Waals surface area (Å²) in [5, 5.41) is 11.3. The van der Waals surface area contributed by atoms with Crippen LogP contribution in [-0.2, 0) is 31.2 Å². The average molecular weight is 431 g/mol. The SMILES string of the molecule is CNC(C)(C)c1ccc(SN)c(F)c1.NC(=O)Nc1c2c(cc3c1CCC3)CCC2. The lowest BCUT2D eigenvalue weighted by atomic mass is 9.95. The summed E-state index contributed by atoms with van der Waals surface area (Å²) in [6.07, 6.45) is 6.86. The number of urea groups is 1. The van der Waals surface area contributed by atoms with Crippen LogP contribution >= 0.6 is 11.9 Å². The zero-order valence-electron chi connectivity index (χ0n) is 17.9. The number of halogens is 1. The number of hydrogen-bond donors (Lipinski definition) is 4. The van der Waals surface area contributed by atoms with E-state index >= 15 is 0 Å². The third-order valence-corrected chi connectivity index (χ3v) is 6.71. The van der Waals surface area contributed by atoms with E-state index in [1.165, 1.54) is 41.2 Å². The van der Waals surface area contributed by atoms with Gasteiger partial charge in [0.25, 0.3) is 0 Å². The molecule has 0 heterocycles. The Morgan fingerprint density at radius 2 is 1.67 bits per heavy atom. The molecule has 0 spiro atoms. The molecular formula is C23H31FN4OS. The molecule has 0 aliphatic heterocycles. The van der Waals surface area contributed by atoms with Crippen LogP contribution in [0.25, 0.3) is 0 Å². The Bertz CT molecular complexity index is 913. The van der Waals surface area contributed by atoms with Gasteiger partial charge >= 0.3 is 6.03 Å². The van der Waals surface area contributed by atoms with Crippen molar-refractivity contribution in [2.45, 2.75) is 62.8 Å². The summed E-state index contributed by atoms with van der Waals surface area (Å²) in [4.78, 5) is 11.6. The summed E-state index contributed by atoms with van der Waals surface area (Å²) in [6, 6.07) is 7.01. The Labute approximate surface area is 182 Å². The highest BCUT2D eigenvalue weighted by atomic mass is 32.2. The molecule has 0 atom stereocenters. The van der Waals surface area contributed by atoms with Gasteiger partial charge in [-0.2, -0.15) is 0 Å². The fourth-order valence-electron chi connectivity index (χ4n) is 4.22. The minimum atomic E-state index is -0.436. The lowest BCUT2D eigenvalue weighted by molar-refractivity contribution is 0.259. The topological polar surface area (TPSA) is 93.2 Å². The summed E-state index contributed by atoms with van der Waals surface area (Å²) >= 11 is 0.927. The normalized spacial score (nSPS) is 14.6. The quantitative estimate of drug-likeness (QED) is 0.541. The predicted octanol–water partition coefficient (Wildman–Crippen LogP) is 4.40. The first-order valence-corrected chi connectivity index (χ1v) is 11.2. The molecule has 30 heavy (non-hydrogen) atoms. The van der Waals surface area contributed by atoms with E-state index in [1.807, 2.05) is 27.0 Å². The highest BCUT2D eigenvalue weighted by Crippen LogP contribution is 2.38. The molecule has 0 fully saturated rings. The number of hydrogen-bond acceptors (Lipinski definition) is 4. The molecule has 7 heteroatoms. The predicted molar refractivity (Wildman–Crippen MR) is 122 cm³/mol. The summed E-state index contributed by atoms with van der Waals surface area (Å²) in [5.41, 5.74) is 12.5. The lowest BCUT2D eigenvalue weighted by Gasteiger charge is -2.24. The van der Waals surface area contributed by atoms with Crippen LogP contribution in [0.5, 0.6) is 0 Å². The zero-order valence-corrected chi connectivity index (χ0v) is 18.7. The number of fused-ring (bicyclic) bond motifs is 2. The van der Waals surface area contributed by atoms with Crippen molar-refractivity contribution in [3.63, 3.8) is 0 Å². The van der Waals surface area contributed by atoms with Crippen molar-refractivity contribution >= 4 is 23.7 Å². The van der Waals surface area contributed by atoms with Crippen LogP contribution in [0.15, 0.2) is 29.2 Å². The molecule has 0 saturated carbocycles. The van der Waals surface area contributed by atoms with Gasteiger partial charge in [-0.1, -0.05) is 12.1 Å². The van der Waals surface area contributed by atoms with Crippen LogP contribution in [-0.4, -0.2) is 13.1 Å². The second kappa shape index (κ2) is 9.37. The molecule has 2 amide bonds. The van der Waals surface area contributed by atoms with Gasteiger partial charge in [-0.25, -0.2) is 9.18 Å². The number of carbonyl (C=O) groups excluding carboxylic acids is 1. The van der Waals surface area contributed by atoms with Crippen molar-refractivity contribution in [2.24, 2.45) is 10.9 Å². The molecule has 0 radical (unpaired) electrons. The number of nitrogens with two attached hydrogens (primary N) is 2. The monoisotopic (exact) mass is 430 g/mol. The van der Waals surface area contributed by atoms with Crippen LogP contribution < -0.4 is 21.5 Å². The van der Waals surface area contributed by atoms with E-state index in [2.05, 4.69) is 16.7 Å². The first-order valence-electron chi connectivity index (χ1n) is 10.4. The number of aryl methyl sites for hydroxylation is 2. The first-order chi connectivity index (χ1) is 14.3. The highest BCUT2D eigenvalue weighted by molar-refractivity contribution is 7.97. The van der Waals surface area contributed by atoms with E-state index in [1.54, 1.807) is 6.07 Å². The van der Waals surface area contributed by atoms with Gasteiger partial charge < -0.3 is 16.4 Å². The lowest BCUT2D eigenvalue weighted by Crippen LogP contribution is -2.33. The van der Waals surface area contributed by atoms with Crippen molar-refractivity contribution in [3.8, 4) is 0 Å². The molecule has 2 aliphatic carbocycles. The number of primary amides is 1. The maximum atomic E-state index is 13.4. The molecule has 5 nitrogen and oxygen atoms in total. The molecule has 4 rings (SSSR count). The second-order valence-corrected chi connectivity index (χ2v) is 9.04. The minimum absolute atomic E-state index is 0.224. The number of carbonyl (C=O) groups is 1. The molecule has 0 unspecified atom stereocenters. The molecule has 2 aliphatic rings. The number of anilines is 1. The van der Waals surface area contributed by atoms with Gasteiger partial charge in [-0.3, -0.25) is 5.14 Å². The Hall–Kier alpha value is -2.09. The van der Waals surface area contributed by atoms with Crippen LogP contribution in [0, 0.1) is 5.82 Å². The molecule has 0 aromatic heterocycles.